The number of esters is 1. The van der Waals surface area contributed by atoms with Crippen LogP contribution in [0.2, 0.25) is 0 Å². The highest BCUT2D eigenvalue weighted by Gasteiger charge is 2.32. The highest BCUT2D eigenvalue weighted by molar-refractivity contribution is 5.94. The van der Waals surface area contributed by atoms with Crippen LogP contribution in [0.5, 0.6) is 11.5 Å². The monoisotopic (exact) mass is 346 g/mol. The summed E-state index contributed by atoms with van der Waals surface area (Å²) in [5, 5.41) is 2.09. The van der Waals surface area contributed by atoms with Crippen molar-refractivity contribution in [1.29, 1.82) is 0 Å². The Labute approximate surface area is 151 Å². The Morgan fingerprint density at radius 2 is 2.08 bits per heavy atom. The van der Waals surface area contributed by atoms with E-state index in [9.17, 15) is 4.79 Å². The molecular formula is C21H18N2O3. The summed E-state index contributed by atoms with van der Waals surface area (Å²) in [4.78, 5) is 20.6. The second kappa shape index (κ2) is 6.96. The molecule has 5 nitrogen and oxygen atoms in total. The number of fused-ring (bicyclic) bond motifs is 1. The Bertz CT molecular complexity index is 988. The number of nitrogens with zero attached hydrogens (tertiary/aromatic N) is 2. The fourth-order valence-electron chi connectivity index (χ4n) is 2.72. The molecular weight excluding hydrogens is 328 g/mol. The van der Waals surface area contributed by atoms with E-state index in [0.29, 0.717) is 11.5 Å². The van der Waals surface area contributed by atoms with Crippen LogP contribution in [0.4, 0.5) is 5.69 Å². The number of methoxy groups -OCH3 is 1. The molecule has 3 aromatic rings. The molecule has 1 aliphatic rings. The second-order valence-electron chi connectivity index (χ2n) is 6.24. The molecule has 0 unspecified atom stereocenters. The van der Waals surface area contributed by atoms with Gasteiger partial charge < -0.3 is 9.47 Å². The molecule has 1 aromatic heterocycles. The topological polar surface area (TPSA) is 60.8 Å². The van der Waals surface area contributed by atoms with Crippen molar-refractivity contribution in [2.24, 2.45) is 10.9 Å². The Morgan fingerprint density at radius 3 is 2.88 bits per heavy atom. The van der Waals surface area contributed by atoms with Gasteiger partial charge in [-0.2, -0.15) is 0 Å². The summed E-state index contributed by atoms with van der Waals surface area (Å²) < 4.78 is 10.8. The van der Waals surface area contributed by atoms with E-state index in [1.165, 1.54) is 0 Å². The summed E-state index contributed by atoms with van der Waals surface area (Å²) in [6, 6.07) is 13.3. The highest BCUT2D eigenvalue weighted by atomic mass is 16.6. The predicted molar refractivity (Wildman–Crippen MR) is 100 cm³/mol. The first-order valence-electron chi connectivity index (χ1n) is 8.51. The number of aliphatic imine (C=N–C) groups is 1. The van der Waals surface area contributed by atoms with Crippen LogP contribution in [-0.2, 0) is 4.79 Å². The van der Waals surface area contributed by atoms with E-state index in [4.69, 9.17) is 9.47 Å². The lowest BCUT2D eigenvalue weighted by Crippen LogP contribution is -2.10. The quantitative estimate of drug-likeness (QED) is 0.392. The van der Waals surface area contributed by atoms with E-state index >= 15 is 0 Å². The van der Waals surface area contributed by atoms with Crippen LogP contribution in [-0.4, -0.2) is 24.3 Å². The molecule has 0 amide bonds. The number of hydrogen-bond acceptors (Lipinski definition) is 5. The first kappa shape index (κ1) is 16.3. The molecule has 0 radical (unpaired) electrons. The van der Waals surface area contributed by atoms with Gasteiger partial charge >= 0.3 is 5.97 Å². The number of ether oxygens (including phenoxy) is 2. The van der Waals surface area contributed by atoms with Crippen molar-refractivity contribution in [3.63, 3.8) is 0 Å². The van der Waals surface area contributed by atoms with Crippen molar-refractivity contribution < 1.29 is 14.3 Å². The van der Waals surface area contributed by atoms with Crippen molar-refractivity contribution in [1.82, 2.24) is 4.98 Å². The molecule has 0 saturated heterocycles. The Morgan fingerprint density at radius 1 is 1.19 bits per heavy atom. The first-order chi connectivity index (χ1) is 12.7. The largest absolute Gasteiger partial charge is 0.493 e. The lowest BCUT2D eigenvalue weighted by atomic mass is 10.1. The molecule has 1 heterocycles. The van der Waals surface area contributed by atoms with Crippen LogP contribution < -0.4 is 9.47 Å². The zero-order valence-electron chi connectivity index (χ0n) is 14.4. The van der Waals surface area contributed by atoms with Gasteiger partial charge in [-0.1, -0.05) is 12.1 Å². The lowest BCUT2D eigenvalue weighted by molar-refractivity contribution is -0.135. The summed E-state index contributed by atoms with van der Waals surface area (Å²) in [7, 11) is 1.56. The zero-order valence-corrected chi connectivity index (χ0v) is 14.4. The van der Waals surface area contributed by atoms with Gasteiger partial charge in [0.15, 0.2) is 11.5 Å². The van der Waals surface area contributed by atoms with Crippen molar-refractivity contribution in [3.8, 4) is 11.5 Å². The average molecular weight is 346 g/mol. The minimum atomic E-state index is -0.186. The maximum Gasteiger partial charge on any atom is 0.314 e. The number of rotatable bonds is 5. The summed E-state index contributed by atoms with van der Waals surface area (Å²) in [5.41, 5.74) is 1.73. The summed E-state index contributed by atoms with van der Waals surface area (Å²) >= 11 is 0. The van der Waals surface area contributed by atoms with Crippen molar-refractivity contribution >= 4 is 28.6 Å². The normalized spacial score (nSPS) is 13.9. The van der Waals surface area contributed by atoms with Gasteiger partial charge in [0, 0.05) is 29.4 Å². The molecule has 1 aliphatic carbocycles. The number of carbonyl (C=O) groups excluding carboxylic acids is 1. The van der Waals surface area contributed by atoms with Crippen LogP contribution in [0.25, 0.3) is 10.8 Å². The number of aromatic nitrogens is 1. The van der Waals surface area contributed by atoms with Crippen molar-refractivity contribution in [3.05, 3.63) is 60.4 Å². The summed E-state index contributed by atoms with van der Waals surface area (Å²) in [6.07, 6.45) is 7.16. The predicted octanol–water partition coefficient (Wildman–Crippen LogP) is 4.31. The minimum absolute atomic E-state index is 0.0433. The van der Waals surface area contributed by atoms with E-state index in [1.807, 2.05) is 42.6 Å². The molecule has 130 valence electrons. The molecule has 0 bridgehead atoms. The Balaban J connectivity index is 1.59. The Kier molecular flexibility index (Phi) is 4.35. The van der Waals surface area contributed by atoms with Crippen molar-refractivity contribution in [2.45, 2.75) is 12.8 Å². The molecule has 4 rings (SSSR count). The third-order valence-corrected chi connectivity index (χ3v) is 4.32. The third kappa shape index (κ3) is 3.42. The molecule has 0 atom stereocenters. The maximum atomic E-state index is 11.9. The van der Waals surface area contributed by atoms with Crippen LogP contribution in [0, 0.1) is 5.92 Å². The van der Waals surface area contributed by atoms with E-state index in [-0.39, 0.29) is 11.9 Å². The highest BCUT2D eigenvalue weighted by Crippen LogP contribution is 2.34. The standard InChI is InChI=1S/C21H18N2O3/c1-25-20-11-14(5-8-19(20)26-21(24)15-6-7-15)12-23-18-4-2-3-16-13-22-10-9-17(16)18/h2-5,8-13,15H,6-7H2,1H3. The van der Waals surface area contributed by atoms with Gasteiger partial charge in [-0.15, -0.1) is 0 Å². The van der Waals surface area contributed by atoms with E-state index in [1.54, 1.807) is 25.6 Å². The smallest absolute Gasteiger partial charge is 0.314 e. The third-order valence-electron chi connectivity index (χ3n) is 4.32. The summed E-state index contributed by atoms with van der Waals surface area (Å²) in [6.45, 7) is 0. The van der Waals surface area contributed by atoms with Gasteiger partial charge in [-0.05, 0) is 48.7 Å². The number of benzene rings is 2. The minimum Gasteiger partial charge on any atom is -0.493 e. The molecule has 5 heteroatoms. The number of hydrogen-bond donors (Lipinski definition) is 0. The van der Waals surface area contributed by atoms with Gasteiger partial charge in [0.1, 0.15) is 0 Å². The van der Waals surface area contributed by atoms with Crippen LogP contribution in [0.3, 0.4) is 0 Å². The molecule has 1 saturated carbocycles. The van der Waals surface area contributed by atoms with Gasteiger partial charge in [0.25, 0.3) is 0 Å². The summed E-state index contributed by atoms with van der Waals surface area (Å²) in [5.74, 6) is 0.818. The molecule has 2 aromatic carbocycles. The lowest BCUT2D eigenvalue weighted by Gasteiger charge is -2.09. The number of carbonyl (C=O) groups is 1. The van der Waals surface area contributed by atoms with Gasteiger partial charge in [0.2, 0.25) is 0 Å². The second-order valence-corrected chi connectivity index (χ2v) is 6.24. The zero-order chi connectivity index (χ0) is 17.9. The molecule has 1 fully saturated rings. The fraction of sp³-hybridized carbons (Fsp3) is 0.190. The van der Waals surface area contributed by atoms with Crippen LogP contribution in [0.1, 0.15) is 18.4 Å². The van der Waals surface area contributed by atoms with Gasteiger partial charge in [-0.25, -0.2) is 0 Å². The van der Waals surface area contributed by atoms with Crippen LogP contribution >= 0.6 is 0 Å². The van der Waals surface area contributed by atoms with Gasteiger partial charge in [0.05, 0.1) is 18.7 Å². The average Bonchev–Trinajstić information content (AvgIpc) is 3.52. The van der Waals surface area contributed by atoms with E-state index < -0.39 is 0 Å². The van der Waals surface area contributed by atoms with Crippen LogP contribution in [0.15, 0.2) is 59.9 Å². The van der Waals surface area contributed by atoms with E-state index in [2.05, 4.69) is 9.98 Å². The molecule has 26 heavy (non-hydrogen) atoms. The van der Waals surface area contributed by atoms with Gasteiger partial charge in [-0.3, -0.25) is 14.8 Å². The maximum absolute atomic E-state index is 11.9. The number of pyridine rings is 1. The fourth-order valence-corrected chi connectivity index (χ4v) is 2.72. The molecule has 0 aliphatic heterocycles. The Hall–Kier alpha value is -3.21. The SMILES string of the molecule is COc1cc(C=Nc2cccc3cnccc23)ccc1OC(=O)C1CC1. The van der Waals surface area contributed by atoms with Crippen molar-refractivity contribution in [2.75, 3.05) is 7.11 Å². The van der Waals surface area contributed by atoms with E-state index in [0.717, 1.165) is 34.9 Å². The molecule has 0 N–H and O–H groups in total. The first-order valence-corrected chi connectivity index (χ1v) is 8.51. The molecule has 0 spiro atoms.